The summed E-state index contributed by atoms with van der Waals surface area (Å²) in [5, 5.41) is 11.5. The quantitative estimate of drug-likeness (QED) is 0.261. The number of aliphatic imine (C=N–C) groups is 1. The van der Waals surface area contributed by atoms with Gasteiger partial charge in [0, 0.05) is 69.4 Å². The Bertz CT molecular complexity index is 1260. The van der Waals surface area contributed by atoms with Crippen molar-refractivity contribution in [2.45, 2.75) is 62.8 Å². The van der Waals surface area contributed by atoms with Gasteiger partial charge in [-0.05, 0) is 69.2 Å². The van der Waals surface area contributed by atoms with Gasteiger partial charge in [0.1, 0.15) is 4.90 Å². The number of hydrogen-bond donors (Lipinski definition) is 0. The van der Waals surface area contributed by atoms with Crippen LogP contribution in [-0.2, 0) is 10.0 Å². The first kappa shape index (κ1) is 27.1. The molecule has 4 rings (SSSR count). The van der Waals surface area contributed by atoms with Crippen LogP contribution in [0.5, 0.6) is 0 Å². The molecule has 2 heterocycles. The summed E-state index contributed by atoms with van der Waals surface area (Å²) < 4.78 is 27.7. The van der Waals surface area contributed by atoms with Gasteiger partial charge >= 0.3 is 0 Å². The van der Waals surface area contributed by atoms with Gasteiger partial charge in [0.2, 0.25) is 10.0 Å². The fraction of sp³-hybridized carbons (Fsp3) is 0.519. The molecule has 0 amide bonds. The van der Waals surface area contributed by atoms with E-state index in [9.17, 15) is 18.5 Å². The Morgan fingerprint density at radius 2 is 1.73 bits per heavy atom. The number of piperidine rings is 2. The highest BCUT2D eigenvalue weighted by Gasteiger charge is 2.26. The molecule has 2 aromatic carbocycles. The van der Waals surface area contributed by atoms with E-state index in [2.05, 4.69) is 21.7 Å². The second kappa shape index (κ2) is 11.6. The van der Waals surface area contributed by atoms with E-state index in [1.54, 1.807) is 24.4 Å². The molecule has 2 aromatic rings. The van der Waals surface area contributed by atoms with E-state index in [1.807, 2.05) is 18.2 Å². The van der Waals surface area contributed by atoms with Crippen LogP contribution in [0.2, 0.25) is 0 Å². The maximum absolute atomic E-state index is 13.2. The van der Waals surface area contributed by atoms with Crippen LogP contribution in [0.15, 0.2) is 46.3 Å². The van der Waals surface area contributed by atoms with Crippen LogP contribution < -0.4 is 9.80 Å². The predicted molar refractivity (Wildman–Crippen MR) is 149 cm³/mol. The van der Waals surface area contributed by atoms with E-state index in [1.165, 1.54) is 24.8 Å². The molecule has 1 atom stereocenters. The number of non-ortho nitro benzene ring substituents is 1. The van der Waals surface area contributed by atoms with Crippen molar-refractivity contribution in [2.24, 2.45) is 4.99 Å². The van der Waals surface area contributed by atoms with Gasteiger partial charge in [0.25, 0.3) is 5.69 Å². The summed E-state index contributed by atoms with van der Waals surface area (Å²) >= 11 is 0. The third kappa shape index (κ3) is 5.96. The van der Waals surface area contributed by atoms with Crippen molar-refractivity contribution >= 4 is 39.0 Å². The molecule has 0 aliphatic carbocycles. The van der Waals surface area contributed by atoms with E-state index in [4.69, 9.17) is 0 Å². The van der Waals surface area contributed by atoms with Crippen LogP contribution in [-0.4, -0.2) is 63.6 Å². The zero-order valence-corrected chi connectivity index (χ0v) is 22.8. The minimum absolute atomic E-state index is 0.00609. The summed E-state index contributed by atoms with van der Waals surface area (Å²) in [6.45, 7) is 4.71. The van der Waals surface area contributed by atoms with Gasteiger partial charge in [-0.2, -0.15) is 0 Å². The Hall–Kier alpha value is -2.98. The third-order valence-corrected chi connectivity index (χ3v) is 9.23. The van der Waals surface area contributed by atoms with Crippen molar-refractivity contribution in [3.8, 4) is 0 Å². The molecule has 2 aliphatic rings. The first-order valence-electron chi connectivity index (χ1n) is 13.1. The molecule has 2 saturated heterocycles. The highest BCUT2D eigenvalue weighted by Crippen LogP contribution is 2.34. The molecule has 37 heavy (non-hydrogen) atoms. The third-order valence-electron chi connectivity index (χ3n) is 7.38. The Labute approximate surface area is 220 Å². The van der Waals surface area contributed by atoms with E-state index >= 15 is 0 Å². The smallest absolute Gasteiger partial charge is 0.270 e. The summed E-state index contributed by atoms with van der Waals surface area (Å²) in [7, 11) is -0.634. The molecule has 0 spiro atoms. The zero-order chi connectivity index (χ0) is 26.6. The van der Waals surface area contributed by atoms with Crippen LogP contribution >= 0.6 is 0 Å². The molecule has 10 heteroatoms. The number of benzene rings is 2. The molecule has 9 nitrogen and oxygen atoms in total. The number of nitrogens with zero attached hydrogens (tertiary/aromatic N) is 5. The monoisotopic (exact) mass is 527 g/mol. The van der Waals surface area contributed by atoms with Gasteiger partial charge in [-0.3, -0.25) is 15.1 Å². The molecular formula is C27H37N5O4S. The van der Waals surface area contributed by atoms with Crippen molar-refractivity contribution in [2.75, 3.05) is 43.5 Å². The van der Waals surface area contributed by atoms with Gasteiger partial charge in [-0.15, -0.1) is 0 Å². The van der Waals surface area contributed by atoms with Crippen molar-refractivity contribution in [3.05, 3.63) is 52.1 Å². The second-order valence-corrected chi connectivity index (χ2v) is 12.1. The summed E-state index contributed by atoms with van der Waals surface area (Å²) in [4.78, 5) is 20.4. The van der Waals surface area contributed by atoms with Crippen LogP contribution in [0.3, 0.4) is 0 Å². The summed E-state index contributed by atoms with van der Waals surface area (Å²) in [5.41, 5.74) is 2.78. The van der Waals surface area contributed by atoms with Gasteiger partial charge in [0.05, 0.1) is 16.3 Å². The summed E-state index contributed by atoms with van der Waals surface area (Å²) in [5.74, 6) is 0. The lowest BCUT2D eigenvalue weighted by atomic mass is 9.98. The van der Waals surface area contributed by atoms with Crippen molar-refractivity contribution in [1.29, 1.82) is 0 Å². The SMILES string of the molecule is CC[C@@H]1CCCCN1c1ccc([N+](=O)[O-])cc1C=Nc1ccc(N2CCCCC2)c(S(=O)(=O)N(C)C)c1. The van der Waals surface area contributed by atoms with E-state index in [-0.39, 0.29) is 10.6 Å². The maximum Gasteiger partial charge on any atom is 0.270 e. The normalized spacial score (nSPS) is 19.1. The topological polar surface area (TPSA) is 99.4 Å². The minimum Gasteiger partial charge on any atom is -0.370 e. The standard InChI is InChI=1S/C27H37N5O4S/c1-4-23-10-6-9-17-31(23)25-14-12-24(32(33)34)18-21(25)20-28-22-11-13-26(30-15-7-5-8-16-30)27(19-22)37(35,36)29(2)3/h11-14,18-20,23H,4-10,15-17H2,1-3H3/t23-/m1/s1. The molecule has 0 N–H and O–H groups in total. The van der Waals surface area contributed by atoms with Gasteiger partial charge in [0.15, 0.2) is 0 Å². The maximum atomic E-state index is 13.2. The van der Waals surface area contributed by atoms with E-state index in [0.29, 0.717) is 23.0 Å². The highest BCUT2D eigenvalue weighted by molar-refractivity contribution is 7.89. The lowest BCUT2D eigenvalue weighted by Crippen LogP contribution is -2.39. The van der Waals surface area contributed by atoms with Crippen LogP contribution in [0.25, 0.3) is 0 Å². The summed E-state index contributed by atoms with van der Waals surface area (Å²) in [6, 6.07) is 10.6. The number of anilines is 2. The highest BCUT2D eigenvalue weighted by atomic mass is 32.2. The van der Waals surface area contributed by atoms with Crippen LogP contribution in [0, 0.1) is 10.1 Å². The Morgan fingerprint density at radius 1 is 1.03 bits per heavy atom. The molecule has 0 saturated carbocycles. The number of nitro groups is 1. The average molecular weight is 528 g/mol. The molecular weight excluding hydrogens is 490 g/mol. The largest absolute Gasteiger partial charge is 0.370 e. The number of sulfonamides is 1. The molecule has 0 bridgehead atoms. The molecule has 0 aromatic heterocycles. The number of hydrogen-bond acceptors (Lipinski definition) is 7. The Balaban J connectivity index is 1.75. The van der Waals surface area contributed by atoms with Gasteiger partial charge in [-0.25, -0.2) is 12.7 Å². The lowest BCUT2D eigenvalue weighted by Gasteiger charge is -2.38. The first-order chi connectivity index (χ1) is 17.7. The van der Waals surface area contributed by atoms with Crippen LogP contribution in [0.4, 0.5) is 22.7 Å². The van der Waals surface area contributed by atoms with Gasteiger partial charge in [-0.1, -0.05) is 6.92 Å². The predicted octanol–water partition coefficient (Wildman–Crippen LogP) is 5.35. The van der Waals surface area contributed by atoms with Crippen molar-refractivity contribution in [1.82, 2.24) is 4.31 Å². The Morgan fingerprint density at radius 3 is 2.41 bits per heavy atom. The zero-order valence-electron chi connectivity index (χ0n) is 22.0. The van der Waals surface area contributed by atoms with E-state index < -0.39 is 14.9 Å². The van der Waals surface area contributed by atoms with Crippen LogP contribution in [0.1, 0.15) is 57.4 Å². The second-order valence-electron chi connectivity index (χ2n) is 10.00. The fourth-order valence-electron chi connectivity index (χ4n) is 5.29. The molecule has 0 unspecified atom stereocenters. The molecule has 200 valence electrons. The summed E-state index contributed by atoms with van der Waals surface area (Å²) in [6.07, 6.45) is 9.19. The lowest BCUT2D eigenvalue weighted by molar-refractivity contribution is -0.384. The van der Waals surface area contributed by atoms with Crippen molar-refractivity contribution in [3.63, 3.8) is 0 Å². The van der Waals surface area contributed by atoms with E-state index in [0.717, 1.165) is 63.8 Å². The molecule has 2 fully saturated rings. The minimum atomic E-state index is -3.70. The first-order valence-corrected chi connectivity index (χ1v) is 14.6. The number of rotatable bonds is 8. The molecule has 2 aliphatic heterocycles. The molecule has 0 radical (unpaired) electrons. The van der Waals surface area contributed by atoms with Gasteiger partial charge < -0.3 is 9.80 Å². The number of nitro benzene ring substituents is 1. The van der Waals surface area contributed by atoms with Crippen molar-refractivity contribution < 1.29 is 13.3 Å². The Kier molecular flexibility index (Phi) is 8.49. The average Bonchev–Trinajstić information content (AvgIpc) is 2.92. The fourth-order valence-corrected chi connectivity index (χ4v) is 6.41.